The highest BCUT2D eigenvalue weighted by molar-refractivity contribution is 7.80. The van der Waals surface area contributed by atoms with Gasteiger partial charge in [0.05, 0.1) is 13.7 Å². The van der Waals surface area contributed by atoms with Crippen molar-refractivity contribution in [2.75, 3.05) is 33.9 Å². The van der Waals surface area contributed by atoms with Crippen LogP contribution >= 0.6 is 12.2 Å². The second kappa shape index (κ2) is 9.55. The van der Waals surface area contributed by atoms with E-state index >= 15 is 0 Å². The number of nitrogens with one attached hydrogen (secondary N) is 1. The number of rotatable bonds is 8. The van der Waals surface area contributed by atoms with Gasteiger partial charge in [0.15, 0.2) is 5.11 Å². The van der Waals surface area contributed by atoms with Gasteiger partial charge in [-0.2, -0.15) is 0 Å². The van der Waals surface area contributed by atoms with E-state index in [1.807, 2.05) is 24.3 Å². The zero-order valence-electron chi connectivity index (χ0n) is 12.5. The summed E-state index contributed by atoms with van der Waals surface area (Å²) >= 11 is 5.45. The molecule has 0 radical (unpaired) electrons. The molecule has 1 aromatic carbocycles. The Kier molecular flexibility index (Phi) is 7.99. The van der Waals surface area contributed by atoms with Gasteiger partial charge in [-0.15, -0.1) is 0 Å². The summed E-state index contributed by atoms with van der Waals surface area (Å²) < 4.78 is 10.5. The summed E-state index contributed by atoms with van der Waals surface area (Å²) in [7, 11) is 3.38. The Morgan fingerprint density at radius 2 is 2.00 bits per heavy atom. The number of benzene rings is 1. The first-order chi connectivity index (χ1) is 9.72. The van der Waals surface area contributed by atoms with Crippen LogP contribution in [0.25, 0.3) is 0 Å². The van der Waals surface area contributed by atoms with Gasteiger partial charge in [0.1, 0.15) is 5.75 Å². The van der Waals surface area contributed by atoms with E-state index < -0.39 is 0 Å². The molecule has 0 bridgehead atoms. The SMILES string of the molecule is CCCN(CCOC)C(=S)NCc1ccccc1OC. The number of para-hydroxylation sites is 1. The second-order valence-electron chi connectivity index (χ2n) is 4.45. The van der Waals surface area contributed by atoms with Gasteiger partial charge in [0.2, 0.25) is 0 Å². The second-order valence-corrected chi connectivity index (χ2v) is 4.84. The summed E-state index contributed by atoms with van der Waals surface area (Å²) in [4.78, 5) is 2.13. The number of hydrogen-bond donors (Lipinski definition) is 1. The molecule has 1 rings (SSSR count). The molecule has 112 valence electrons. The van der Waals surface area contributed by atoms with Crippen LogP contribution in [0.15, 0.2) is 24.3 Å². The Morgan fingerprint density at radius 3 is 2.65 bits per heavy atom. The van der Waals surface area contributed by atoms with E-state index in [-0.39, 0.29) is 0 Å². The fourth-order valence-corrected chi connectivity index (χ4v) is 2.17. The molecule has 0 saturated carbocycles. The lowest BCUT2D eigenvalue weighted by atomic mass is 10.2. The number of thiocarbonyl (C=S) groups is 1. The van der Waals surface area contributed by atoms with Crippen molar-refractivity contribution in [3.63, 3.8) is 0 Å². The molecule has 0 fully saturated rings. The molecule has 0 aliphatic carbocycles. The molecule has 0 aliphatic heterocycles. The highest BCUT2D eigenvalue weighted by atomic mass is 32.1. The van der Waals surface area contributed by atoms with Gasteiger partial charge >= 0.3 is 0 Å². The zero-order chi connectivity index (χ0) is 14.8. The van der Waals surface area contributed by atoms with Crippen molar-refractivity contribution >= 4 is 17.3 Å². The lowest BCUT2D eigenvalue weighted by molar-refractivity contribution is 0.175. The highest BCUT2D eigenvalue weighted by Crippen LogP contribution is 2.16. The molecule has 0 aliphatic rings. The topological polar surface area (TPSA) is 33.7 Å². The van der Waals surface area contributed by atoms with E-state index in [2.05, 4.69) is 17.1 Å². The monoisotopic (exact) mass is 296 g/mol. The Balaban J connectivity index is 2.55. The number of methoxy groups -OCH3 is 2. The van der Waals surface area contributed by atoms with Crippen LogP contribution in [0.2, 0.25) is 0 Å². The number of hydrogen-bond acceptors (Lipinski definition) is 3. The summed E-state index contributed by atoms with van der Waals surface area (Å²) in [5, 5.41) is 4.05. The van der Waals surface area contributed by atoms with Crippen molar-refractivity contribution in [1.82, 2.24) is 10.2 Å². The van der Waals surface area contributed by atoms with E-state index in [1.54, 1.807) is 14.2 Å². The molecule has 1 N–H and O–H groups in total. The zero-order valence-corrected chi connectivity index (χ0v) is 13.3. The number of ether oxygens (including phenoxy) is 2. The van der Waals surface area contributed by atoms with E-state index in [0.717, 1.165) is 35.9 Å². The molecular formula is C15H24N2O2S. The maximum atomic E-state index is 5.45. The van der Waals surface area contributed by atoms with Crippen molar-refractivity contribution in [2.45, 2.75) is 19.9 Å². The molecule has 0 unspecified atom stereocenters. The van der Waals surface area contributed by atoms with Crippen LogP contribution in [0.1, 0.15) is 18.9 Å². The standard InChI is InChI=1S/C15H24N2O2S/c1-4-9-17(10-11-18-2)15(20)16-12-13-7-5-6-8-14(13)19-3/h5-8H,4,9-12H2,1-3H3,(H,16,20). The maximum Gasteiger partial charge on any atom is 0.169 e. The van der Waals surface area contributed by atoms with Gasteiger partial charge < -0.3 is 19.7 Å². The molecule has 5 heteroatoms. The van der Waals surface area contributed by atoms with Crippen LogP contribution in [-0.4, -0.2) is 43.9 Å². The van der Waals surface area contributed by atoms with E-state index in [4.69, 9.17) is 21.7 Å². The predicted octanol–water partition coefficient (Wildman–Crippen LogP) is 2.43. The Hall–Kier alpha value is -1.33. The van der Waals surface area contributed by atoms with Gasteiger partial charge in [-0.05, 0) is 24.7 Å². The Bertz CT molecular complexity index is 413. The normalized spacial score (nSPS) is 10.2. The highest BCUT2D eigenvalue weighted by Gasteiger charge is 2.09. The molecule has 20 heavy (non-hydrogen) atoms. The minimum Gasteiger partial charge on any atom is -0.496 e. The molecule has 0 atom stereocenters. The van der Waals surface area contributed by atoms with Gasteiger partial charge in [0, 0.05) is 32.3 Å². The fraction of sp³-hybridized carbons (Fsp3) is 0.533. The molecule has 0 spiro atoms. The average Bonchev–Trinajstić information content (AvgIpc) is 2.49. The van der Waals surface area contributed by atoms with Crippen molar-refractivity contribution < 1.29 is 9.47 Å². The number of nitrogens with zero attached hydrogens (tertiary/aromatic N) is 1. The van der Waals surface area contributed by atoms with Gasteiger partial charge in [-0.25, -0.2) is 0 Å². The minimum absolute atomic E-state index is 0.663. The van der Waals surface area contributed by atoms with Crippen molar-refractivity contribution in [1.29, 1.82) is 0 Å². The van der Waals surface area contributed by atoms with Crippen LogP contribution in [0.4, 0.5) is 0 Å². The molecular weight excluding hydrogens is 272 g/mol. The summed E-state index contributed by atoms with van der Waals surface area (Å²) in [5.74, 6) is 0.877. The van der Waals surface area contributed by atoms with E-state index in [9.17, 15) is 0 Å². The van der Waals surface area contributed by atoms with Crippen molar-refractivity contribution in [3.8, 4) is 5.75 Å². The third kappa shape index (κ3) is 5.35. The third-order valence-electron chi connectivity index (χ3n) is 2.97. The third-order valence-corrected chi connectivity index (χ3v) is 3.37. The summed E-state index contributed by atoms with van der Waals surface area (Å²) in [5.41, 5.74) is 1.10. The smallest absolute Gasteiger partial charge is 0.169 e. The first-order valence-corrected chi connectivity index (χ1v) is 7.27. The first-order valence-electron chi connectivity index (χ1n) is 6.86. The average molecular weight is 296 g/mol. The summed E-state index contributed by atoms with van der Waals surface area (Å²) in [6, 6.07) is 7.95. The molecule has 0 aromatic heterocycles. The molecule has 0 saturated heterocycles. The van der Waals surface area contributed by atoms with Crippen molar-refractivity contribution in [2.24, 2.45) is 0 Å². The predicted molar refractivity (Wildman–Crippen MR) is 86.2 cm³/mol. The molecule has 0 heterocycles. The Morgan fingerprint density at radius 1 is 1.25 bits per heavy atom. The quantitative estimate of drug-likeness (QED) is 0.745. The van der Waals surface area contributed by atoms with Crippen LogP contribution in [-0.2, 0) is 11.3 Å². The van der Waals surface area contributed by atoms with Gasteiger partial charge in [-0.3, -0.25) is 0 Å². The van der Waals surface area contributed by atoms with Crippen molar-refractivity contribution in [3.05, 3.63) is 29.8 Å². The van der Waals surface area contributed by atoms with E-state index in [0.29, 0.717) is 13.2 Å². The Labute approximate surface area is 127 Å². The lowest BCUT2D eigenvalue weighted by Crippen LogP contribution is -2.41. The maximum absolute atomic E-state index is 5.45. The van der Waals surface area contributed by atoms with Crippen LogP contribution in [0, 0.1) is 0 Å². The lowest BCUT2D eigenvalue weighted by Gasteiger charge is -2.25. The summed E-state index contributed by atoms with van der Waals surface area (Å²) in [6.07, 6.45) is 1.06. The largest absolute Gasteiger partial charge is 0.496 e. The van der Waals surface area contributed by atoms with Gasteiger partial charge in [-0.1, -0.05) is 25.1 Å². The summed E-state index contributed by atoms with van der Waals surface area (Å²) in [6.45, 7) is 5.22. The van der Waals surface area contributed by atoms with Crippen LogP contribution in [0.3, 0.4) is 0 Å². The van der Waals surface area contributed by atoms with Crippen LogP contribution in [0.5, 0.6) is 5.75 Å². The first kappa shape index (κ1) is 16.7. The molecule has 1 aromatic rings. The van der Waals surface area contributed by atoms with E-state index in [1.165, 1.54) is 0 Å². The molecule has 0 amide bonds. The minimum atomic E-state index is 0.663. The van der Waals surface area contributed by atoms with Crippen LogP contribution < -0.4 is 10.1 Å². The fourth-order valence-electron chi connectivity index (χ4n) is 1.92. The molecule has 4 nitrogen and oxygen atoms in total. The van der Waals surface area contributed by atoms with Gasteiger partial charge in [0.25, 0.3) is 0 Å².